The number of aliphatic hydroxyl groups excluding tert-OH is 1. The number of amides is 3. The van der Waals surface area contributed by atoms with E-state index in [-0.39, 0.29) is 30.2 Å². The van der Waals surface area contributed by atoms with Gasteiger partial charge in [0.1, 0.15) is 11.6 Å². The molecule has 0 aromatic rings. The smallest absolute Gasteiger partial charge is 0.249 e. The molecular formula is C26H39N3O5. The zero-order valence-corrected chi connectivity index (χ0v) is 20.9. The van der Waals surface area contributed by atoms with E-state index in [1.807, 2.05) is 38.2 Å². The van der Waals surface area contributed by atoms with Crippen LogP contribution in [0.15, 0.2) is 24.3 Å². The van der Waals surface area contributed by atoms with E-state index in [1.54, 1.807) is 21.7 Å². The van der Waals surface area contributed by atoms with Gasteiger partial charge in [-0.2, -0.15) is 0 Å². The molecule has 0 aromatic carbocycles. The second-order valence-corrected chi connectivity index (χ2v) is 10.3. The van der Waals surface area contributed by atoms with Crippen LogP contribution in [-0.2, 0) is 19.1 Å². The number of nitrogens with zero attached hydrogens (tertiary/aromatic N) is 3. The maximum absolute atomic E-state index is 14.1. The summed E-state index contributed by atoms with van der Waals surface area (Å²) in [6, 6.07) is -1.41. The van der Waals surface area contributed by atoms with Gasteiger partial charge in [0.2, 0.25) is 17.7 Å². The molecule has 4 aliphatic rings. The average Bonchev–Trinajstić information content (AvgIpc) is 3.15. The molecule has 3 amide bonds. The van der Waals surface area contributed by atoms with Gasteiger partial charge in [-0.25, -0.2) is 0 Å². The molecule has 2 saturated heterocycles. The highest BCUT2D eigenvalue weighted by Gasteiger charge is 2.72. The highest BCUT2D eigenvalue weighted by atomic mass is 16.5. The molecule has 34 heavy (non-hydrogen) atoms. The molecule has 1 N–H and O–H groups in total. The summed E-state index contributed by atoms with van der Waals surface area (Å²) < 4.78 is 6.60. The average molecular weight is 474 g/mol. The summed E-state index contributed by atoms with van der Waals surface area (Å²) in [4.78, 5) is 46.6. The van der Waals surface area contributed by atoms with Gasteiger partial charge in [0, 0.05) is 26.7 Å². The molecule has 8 nitrogen and oxygen atoms in total. The molecule has 0 aliphatic carbocycles. The van der Waals surface area contributed by atoms with Crippen molar-refractivity contribution >= 4 is 17.7 Å². The molecule has 0 bridgehead atoms. The van der Waals surface area contributed by atoms with Gasteiger partial charge in [-0.3, -0.25) is 14.4 Å². The maximum Gasteiger partial charge on any atom is 0.249 e. The number of carbonyl (C=O) groups is 3. The van der Waals surface area contributed by atoms with Gasteiger partial charge in [0.25, 0.3) is 0 Å². The molecule has 7 atom stereocenters. The monoisotopic (exact) mass is 473 g/mol. The molecule has 2 fully saturated rings. The van der Waals surface area contributed by atoms with Crippen LogP contribution in [0.5, 0.6) is 0 Å². The van der Waals surface area contributed by atoms with Gasteiger partial charge in [-0.05, 0) is 12.3 Å². The van der Waals surface area contributed by atoms with E-state index in [0.717, 1.165) is 25.7 Å². The molecule has 4 heterocycles. The maximum atomic E-state index is 14.1. The van der Waals surface area contributed by atoms with E-state index < -0.39 is 35.6 Å². The van der Waals surface area contributed by atoms with Gasteiger partial charge in [0.15, 0.2) is 0 Å². The third-order valence-corrected chi connectivity index (χ3v) is 8.26. The Morgan fingerprint density at radius 3 is 2.56 bits per heavy atom. The predicted octanol–water partition coefficient (Wildman–Crippen LogP) is 1.59. The number of likely N-dealkylation sites (tertiary alicyclic amines) is 1. The second-order valence-electron chi connectivity index (χ2n) is 10.3. The molecule has 0 aromatic heterocycles. The quantitative estimate of drug-likeness (QED) is 0.427. The lowest BCUT2D eigenvalue weighted by Gasteiger charge is -2.40. The van der Waals surface area contributed by atoms with Crippen molar-refractivity contribution in [2.24, 2.45) is 17.8 Å². The van der Waals surface area contributed by atoms with E-state index in [4.69, 9.17) is 4.74 Å². The topological polar surface area (TPSA) is 90.4 Å². The number of hydrogen-bond donors (Lipinski definition) is 1. The predicted molar refractivity (Wildman–Crippen MR) is 128 cm³/mol. The van der Waals surface area contributed by atoms with Crippen LogP contribution in [0.4, 0.5) is 0 Å². The van der Waals surface area contributed by atoms with Crippen molar-refractivity contribution in [2.75, 3.05) is 33.3 Å². The third-order valence-electron chi connectivity index (χ3n) is 8.26. The SMILES string of the molecule is CCCCCN1CC=C[C@]23O[C@@H]4C=CCN(C)C(=O)[C@@H]4[C@H]2C(=O)N([C@@H](CO)[C@@H](C)CC)C3C1=O. The molecule has 4 aliphatic heterocycles. The van der Waals surface area contributed by atoms with Crippen LogP contribution in [0, 0.1) is 17.8 Å². The summed E-state index contributed by atoms with van der Waals surface area (Å²) in [5.74, 6) is -2.05. The van der Waals surface area contributed by atoms with Gasteiger partial charge in [-0.15, -0.1) is 0 Å². The second kappa shape index (κ2) is 9.82. The summed E-state index contributed by atoms with van der Waals surface area (Å²) >= 11 is 0. The lowest BCUT2D eigenvalue weighted by atomic mass is 9.77. The molecule has 188 valence electrons. The minimum Gasteiger partial charge on any atom is -0.394 e. The summed E-state index contributed by atoms with van der Waals surface area (Å²) in [5.41, 5.74) is -1.22. The van der Waals surface area contributed by atoms with E-state index >= 15 is 0 Å². The van der Waals surface area contributed by atoms with Gasteiger partial charge in [-0.1, -0.05) is 64.3 Å². The Labute approximate surface area is 202 Å². The Kier molecular flexibility index (Phi) is 7.20. The Morgan fingerprint density at radius 2 is 1.88 bits per heavy atom. The fraction of sp³-hybridized carbons (Fsp3) is 0.731. The Balaban J connectivity index is 1.81. The van der Waals surface area contributed by atoms with Crippen LogP contribution in [0.25, 0.3) is 0 Å². The summed E-state index contributed by atoms with van der Waals surface area (Å²) in [6.45, 7) is 7.40. The Hall–Kier alpha value is -2.19. The van der Waals surface area contributed by atoms with Crippen molar-refractivity contribution in [1.29, 1.82) is 0 Å². The van der Waals surface area contributed by atoms with E-state index in [9.17, 15) is 19.5 Å². The normalized spacial score (nSPS) is 34.6. The van der Waals surface area contributed by atoms with E-state index in [0.29, 0.717) is 19.6 Å². The molecular weight excluding hydrogens is 434 g/mol. The van der Waals surface area contributed by atoms with Crippen molar-refractivity contribution in [3.8, 4) is 0 Å². The van der Waals surface area contributed by atoms with Crippen molar-refractivity contribution < 1.29 is 24.2 Å². The third kappa shape index (κ3) is 3.79. The van der Waals surface area contributed by atoms with Crippen molar-refractivity contribution in [3.05, 3.63) is 24.3 Å². The highest BCUT2D eigenvalue weighted by Crippen LogP contribution is 2.54. The molecule has 8 heteroatoms. The summed E-state index contributed by atoms with van der Waals surface area (Å²) in [7, 11) is 1.73. The van der Waals surface area contributed by atoms with Crippen molar-refractivity contribution in [3.63, 3.8) is 0 Å². The van der Waals surface area contributed by atoms with Crippen LogP contribution >= 0.6 is 0 Å². The number of rotatable bonds is 8. The lowest BCUT2D eigenvalue weighted by molar-refractivity contribution is -0.152. The number of ether oxygens (including phenoxy) is 1. The molecule has 1 unspecified atom stereocenters. The zero-order chi connectivity index (χ0) is 24.6. The van der Waals surface area contributed by atoms with Crippen LogP contribution in [0.3, 0.4) is 0 Å². The van der Waals surface area contributed by atoms with Crippen LogP contribution < -0.4 is 0 Å². The van der Waals surface area contributed by atoms with E-state index in [2.05, 4.69) is 6.92 Å². The van der Waals surface area contributed by atoms with Crippen molar-refractivity contribution in [1.82, 2.24) is 14.7 Å². The first-order valence-electron chi connectivity index (χ1n) is 12.8. The first-order chi connectivity index (χ1) is 16.3. The van der Waals surface area contributed by atoms with Gasteiger partial charge < -0.3 is 24.5 Å². The molecule has 0 radical (unpaired) electrons. The van der Waals surface area contributed by atoms with Crippen molar-refractivity contribution in [2.45, 2.75) is 70.2 Å². The minimum absolute atomic E-state index is 0.0124. The van der Waals surface area contributed by atoms with Gasteiger partial charge in [0.05, 0.1) is 30.6 Å². The summed E-state index contributed by atoms with van der Waals surface area (Å²) in [6.07, 6.45) is 10.7. The number of aliphatic hydroxyl groups is 1. The fourth-order valence-corrected chi connectivity index (χ4v) is 6.17. The van der Waals surface area contributed by atoms with Crippen LogP contribution in [-0.4, -0.2) is 94.6 Å². The van der Waals surface area contributed by atoms with E-state index in [1.165, 1.54) is 0 Å². The number of fused-ring (bicyclic) bond motifs is 2. The molecule has 0 saturated carbocycles. The van der Waals surface area contributed by atoms with Crippen LogP contribution in [0.2, 0.25) is 0 Å². The largest absolute Gasteiger partial charge is 0.394 e. The Morgan fingerprint density at radius 1 is 1.12 bits per heavy atom. The lowest BCUT2D eigenvalue weighted by Crippen LogP contribution is -2.59. The minimum atomic E-state index is -1.22. The standard InChI is InChI=1S/C26H39N3O5/c1-5-7-8-14-28-15-10-12-26-21(20-19(34-26)11-9-13-27(4)23(20)31)24(32)29(22(26)25(28)33)18(16-30)17(3)6-2/h9-12,17-22,30H,5-8,13-16H2,1-4H3/t17-,18-,19+,20-,21-,22?,26-/m0/s1. The number of unbranched alkanes of at least 4 members (excludes halogenated alkanes) is 2. The number of hydrogen-bond acceptors (Lipinski definition) is 5. The van der Waals surface area contributed by atoms with Gasteiger partial charge >= 0.3 is 0 Å². The first kappa shape index (κ1) is 24.9. The molecule has 1 spiro atoms. The molecule has 4 rings (SSSR count). The number of likely N-dealkylation sites (N-methyl/N-ethyl adjacent to an activating group) is 1. The van der Waals surface area contributed by atoms with Crippen LogP contribution in [0.1, 0.15) is 46.5 Å². The fourth-order valence-electron chi connectivity index (χ4n) is 6.17. The Bertz CT molecular complexity index is 872. The zero-order valence-electron chi connectivity index (χ0n) is 20.9. The first-order valence-corrected chi connectivity index (χ1v) is 12.8. The highest BCUT2D eigenvalue weighted by molar-refractivity contribution is 6.00. The summed E-state index contributed by atoms with van der Waals surface area (Å²) in [5, 5.41) is 10.4. The number of carbonyl (C=O) groups excluding carboxylic acids is 3.